The van der Waals surface area contributed by atoms with Crippen LogP contribution in [0.1, 0.15) is 6.92 Å². The number of rotatable bonds is 1. The minimum Gasteiger partial charge on any atom is -0.455 e. The van der Waals surface area contributed by atoms with Crippen molar-refractivity contribution in [3.05, 3.63) is 11.3 Å². The molecule has 0 saturated carbocycles. The number of cyclic esters (lactones) is 1. The summed E-state index contributed by atoms with van der Waals surface area (Å²) in [6.07, 6.45) is 1.94. The van der Waals surface area contributed by atoms with E-state index < -0.39 is 8.07 Å². The molecule has 0 radical (unpaired) electrons. The molecular formula is C8H14O2Si. The molecule has 1 heterocycles. The summed E-state index contributed by atoms with van der Waals surface area (Å²) < 4.78 is 5.00. The monoisotopic (exact) mass is 170 g/mol. The smallest absolute Gasteiger partial charge is 0.330 e. The van der Waals surface area contributed by atoms with Crippen LogP contribution in [0.25, 0.3) is 0 Å². The minimum atomic E-state index is -1.44. The molecule has 0 aromatic heterocycles. The zero-order chi connectivity index (χ0) is 8.65. The normalized spacial score (nSPS) is 24.9. The van der Waals surface area contributed by atoms with Crippen molar-refractivity contribution in [2.45, 2.75) is 32.7 Å². The van der Waals surface area contributed by atoms with Gasteiger partial charge < -0.3 is 4.74 Å². The van der Waals surface area contributed by atoms with Gasteiger partial charge in [0.2, 0.25) is 0 Å². The Labute approximate surface area is 68.3 Å². The van der Waals surface area contributed by atoms with Gasteiger partial charge in [0.05, 0.1) is 8.07 Å². The highest BCUT2D eigenvalue weighted by Crippen LogP contribution is 2.22. The zero-order valence-electron chi connectivity index (χ0n) is 7.47. The molecule has 62 valence electrons. The first-order chi connectivity index (χ1) is 4.91. The third-order valence-electron chi connectivity index (χ3n) is 1.72. The van der Waals surface area contributed by atoms with Crippen molar-refractivity contribution < 1.29 is 9.53 Å². The lowest BCUT2D eigenvalue weighted by Crippen LogP contribution is -2.27. The SMILES string of the molecule is C[C@@H]1C=C([Si](C)(C)C)C(=O)O1. The van der Waals surface area contributed by atoms with Crippen LogP contribution in [-0.4, -0.2) is 20.1 Å². The van der Waals surface area contributed by atoms with Gasteiger partial charge in [-0.3, -0.25) is 0 Å². The van der Waals surface area contributed by atoms with Crippen LogP contribution in [0.15, 0.2) is 11.3 Å². The maximum Gasteiger partial charge on any atom is 0.330 e. The van der Waals surface area contributed by atoms with Crippen LogP contribution < -0.4 is 0 Å². The lowest BCUT2D eigenvalue weighted by molar-refractivity contribution is -0.138. The second-order valence-corrected chi connectivity index (χ2v) is 8.98. The number of ether oxygens (including phenoxy) is 1. The Hall–Kier alpha value is -0.573. The largest absolute Gasteiger partial charge is 0.455 e. The molecule has 3 heteroatoms. The molecule has 0 N–H and O–H groups in total. The summed E-state index contributed by atoms with van der Waals surface area (Å²) in [4.78, 5) is 11.2. The quantitative estimate of drug-likeness (QED) is 0.442. The van der Waals surface area contributed by atoms with E-state index in [1.54, 1.807) is 0 Å². The van der Waals surface area contributed by atoms with Crippen molar-refractivity contribution in [1.29, 1.82) is 0 Å². The highest BCUT2D eigenvalue weighted by molar-refractivity contribution is 6.87. The van der Waals surface area contributed by atoms with E-state index in [0.29, 0.717) is 0 Å². The van der Waals surface area contributed by atoms with Gasteiger partial charge in [-0.2, -0.15) is 0 Å². The molecule has 1 rings (SSSR count). The Morgan fingerprint density at radius 2 is 2.00 bits per heavy atom. The highest BCUT2D eigenvalue weighted by Gasteiger charge is 2.32. The fourth-order valence-corrected chi connectivity index (χ4v) is 2.53. The van der Waals surface area contributed by atoms with E-state index in [2.05, 4.69) is 19.6 Å². The molecule has 0 saturated heterocycles. The molecule has 1 atom stereocenters. The molecule has 2 nitrogen and oxygen atoms in total. The summed E-state index contributed by atoms with van der Waals surface area (Å²) in [6.45, 7) is 8.35. The van der Waals surface area contributed by atoms with E-state index in [9.17, 15) is 4.79 Å². The summed E-state index contributed by atoms with van der Waals surface area (Å²) in [5, 5.41) is 0.935. The second kappa shape index (κ2) is 2.48. The van der Waals surface area contributed by atoms with Gasteiger partial charge in [-0.1, -0.05) is 19.6 Å². The van der Waals surface area contributed by atoms with Crippen molar-refractivity contribution in [3.63, 3.8) is 0 Å². The van der Waals surface area contributed by atoms with Gasteiger partial charge in [-0.25, -0.2) is 4.79 Å². The maximum atomic E-state index is 11.2. The lowest BCUT2D eigenvalue weighted by atomic mass is 10.4. The van der Waals surface area contributed by atoms with E-state index in [-0.39, 0.29) is 12.1 Å². The van der Waals surface area contributed by atoms with Crippen LogP contribution >= 0.6 is 0 Å². The van der Waals surface area contributed by atoms with Crippen molar-refractivity contribution in [2.24, 2.45) is 0 Å². The molecule has 0 aromatic rings. The molecule has 11 heavy (non-hydrogen) atoms. The summed E-state index contributed by atoms with van der Waals surface area (Å²) >= 11 is 0. The van der Waals surface area contributed by atoms with E-state index >= 15 is 0 Å². The first kappa shape index (κ1) is 8.52. The molecule has 0 unspecified atom stereocenters. The van der Waals surface area contributed by atoms with Crippen LogP contribution in [-0.2, 0) is 9.53 Å². The average molecular weight is 170 g/mol. The molecule has 0 fully saturated rings. The molecule has 0 aliphatic carbocycles. The number of hydrogen-bond donors (Lipinski definition) is 0. The molecule has 0 aromatic carbocycles. The van der Waals surface area contributed by atoms with Crippen LogP contribution in [0, 0.1) is 0 Å². The van der Waals surface area contributed by atoms with Crippen LogP contribution in [0.2, 0.25) is 19.6 Å². The Morgan fingerprint density at radius 1 is 1.45 bits per heavy atom. The van der Waals surface area contributed by atoms with Gasteiger partial charge in [0.1, 0.15) is 6.10 Å². The highest BCUT2D eigenvalue weighted by atomic mass is 28.3. The Balaban J connectivity index is 2.88. The van der Waals surface area contributed by atoms with Crippen LogP contribution in [0.4, 0.5) is 0 Å². The average Bonchev–Trinajstić information content (AvgIpc) is 2.08. The Bertz CT molecular complexity index is 213. The zero-order valence-corrected chi connectivity index (χ0v) is 8.47. The summed E-state index contributed by atoms with van der Waals surface area (Å²) in [5.74, 6) is -0.100. The first-order valence-corrected chi connectivity index (χ1v) is 7.34. The third-order valence-corrected chi connectivity index (χ3v) is 3.71. The van der Waals surface area contributed by atoms with Crippen LogP contribution in [0.3, 0.4) is 0 Å². The Kier molecular flexibility index (Phi) is 1.92. The van der Waals surface area contributed by atoms with Gasteiger partial charge in [0.15, 0.2) is 0 Å². The van der Waals surface area contributed by atoms with Gasteiger partial charge in [0, 0.05) is 5.20 Å². The summed E-state index contributed by atoms with van der Waals surface area (Å²) in [6, 6.07) is 0. The predicted octanol–water partition coefficient (Wildman–Crippen LogP) is 1.74. The number of hydrogen-bond acceptors (Lipinski definition) is 2. The third kappa shape index (κ3) is 1.71. The molecule has 1 aliphatic rings. The summed E-state index contributed by atoms with van der Waals surface area (Å²) in [7, 11) is -1.44. The van der Waals surface area contributed by atoms with Gasteiger partial charge in [-0.05, 0) is 13.0 Å². The van der Waals surface area contributed by atoms with E-state index in [4.69, 9.17) is 4.74 Å². The topological polar surface area (TPSA) is 26.3 Å². The first-order valence-electron chi connectivity index (χ1n) is 3.84. The van der Waals surface area contributed by atoms with Crippen LogP contribution in [0.5, 0.6) is 0 Å². The van der Waals surface area contributed by atoms with E-state index in [1.165, 1.54) is 0 Å². The molecule has 1 aliphatic heterocycles. The molecule has 0 bridgehead atoms. The van der Waals surface area contributed by atoms with Gasteiger partial charge in [0.25, 0.3) is 0 Å². The number of esters is 1. The summed E-state index contributed by atoms with van der Waals surface area (Å²) in [5.41, 5.74) is 0. The number of carbonyl (C=O) groups is 1. The fourth-order valence-electron chi connectivity index (χ4n) is 1.13. The minimum absolute atomic E-state index is 0.00998. The molecule has 0 amide bonds. The van der Waals surface area contributed by atoms with Gasteiger partial charge >= 0.3 is 5.97 Å². The standard InChI is InChI=1S/C8H14O2Si/c1-6-5-7(8(9)10-6)11(2,3)4/h5-6H,1-4H3/t6-/m1/s1. The van der Waals surface area contributed by atoms with E-state index in [0.717, 1.165) is 5.20 Å². The lowest BCUT2D eigenvalue weighted by Gasteiger charge is -2.13. The van der Waals surface area contributed by atoms with Crippen molar-refractivity contribution >= 4 is 14.0 Å². The number of carbonyl (C=O) groups excluding carboxylic acids is 1. The molecular weight excluding hydrogens is 156 g/mol. The fraction of sp³-hybridized carbons (Fsp3) is 0.625. The predicted molar refractivity (Wildman–Crippen MR) is 47.0 cm³/mol. The van der Waals surface area contributed by atoms with Crippen molar-refractivity contribution in [1.82, 2.24) is 0 Å². The van der Waals surface area contributed by atoms with E-state index in [1.807, 2.05) is 13.0 Å². The van der Waals surface area contributed by atoms with Crippen molar-refractivity contribution in [2.75, 3.05) is 0 Å². The Morgan fingerprint density at radius 3 is 2.18 bits per heavy atom. The maximum absolute atomic E-state index is 11.2. The van der Waals surface area contributed by atoms with Gasteiger partial charge in [-0.15, -0.1) is 0 Å². The van der Waals surface area contributed by atoms with Crippen molar-refractivity contribution in [3.8, 4) is 0 Å². The molecule has 0 spiro atoms. The second-order valence-electron chi connectivity index (χ2n) is 3.94.